The van der Waals surface area contributed by atoms with Crippen LogP contribution in [0.5, 0.6) is 0 Å². The highest BCUT2D eigenvalue weighted by Crippen LogP contribution is 2.29. The Balaban J connectivity index is 1.21. The van der Waals surface area contributed by atoms with Gasteiger partial charge in [0.05, 0.1) is 5.92 Å². The van der Waals surface area contributed by atoms with Gasteiger partial charge in [-0.25, -0.2) is 0 Å². The van der Waals surface area contributed by atoms with E-state index in [1.165, 1.54) is 24.8 Å². The first-order valence-corrected chi connectivity index (χ1v) is 11.7. The lowest BCUT2D eigenvalue weighted by atomic mass is 9.94. The first kappa shape index (κ1) is 21.4. The Kier molecular flexibility index (Phi) is 5.94. The van der Waals surface area contributed by atoms with E-state index < -0.39 is 0 Å². The predicted molar refractivity (Wildman–Crippen MR) is 125 cm³/mol. The fourth-order valence-corrected chi connectivity index (χ4v) is 4.75. The Bertz CT molecular complexity index is 1130. The lowest BCUT2D eigenvalue weighted by molar-refractivity contribution is -0.130. The van der Waals surface area contributed by atoms with Gasteiger partial charge < -0.3 is 14.7 Å². The maximum atomic E-state index is 12.8. The molecule has 2 aromatic carbocycles. The molecule has 1 saturated heterocycles. The van der Waals surface area contributed by atoms with Gasteiger partial charge in [-0.2, -0.15) is 4.98 Å². The van der Waals surface area contributed by atoms with Crippen molar-refractivity contribution >= 4 is 17.5 Å². The minimum Gasteiger partial charge on any atom is -0.339 e. The Labute approximate surface area is 193 Å². The molecule has 1 atom stereocenters. The zero-order valence-electron chi connectivity index (χ0n) is 18.8. The zero-order chi connectivity index (χ0) is 22.8. The van der Waals surface area contributed by atoms with Gasteiger partial charge in [0.25, 0.3) is 5.89 Å². The van der Waals surface area contributed by atoms with E-state index in [0.717, 1.165) is 24.0 Å². The fraction of sp³-hybridized carbons (Fsp3) is 0.385. The van der Waals surface area contributed by atoms with E-state index in [4.69, 9.17) is 4.52 Å². The van der Waals surface area contributed by atoms with Crippen molar-refractivity contribution < 1.29 is 14.1 Å². The number of carbonyl (C=O) groups is 2. The standard InChI is InChI=1S/C26H28N4O3/c1-17-7-9-18(10-8-17)24-28-26(33-29-24)19-11-13-21(14-12-19)27-25(32)20-15-23(31)30(16-20)22-5-3-2-4-6-22/h7-14,20,22H,2-6,15-16H2,1H3,(H,27,32)/t20-/m1/s1. The topological polar surface area (TPSA) is 88.3 Å². The third-order valence-electron chi connectivity index (χ3n) is 6.68. The van der Waals surface area contributed by atoms with Crippen molar-refractivity contribution in [3.8, 4) is 22.8 Å². The van der Waals surface area contributed by atoms with Gasteiger partial charge in [-0.3, -0.25) is 9.59 Å². The number of nitrogens with one attached hydrogen (secondary N) is 1. The summed E-state index contributed by atoms with van der Waals surface area (Å²) >= 11 is 0. The average molecular weight is 445 g/mol. The second-order valence-corrected chi connectivity index (χ2v) is 9.09. The lowest BCUT2D eigenvalue weighted by Crippen LogP contribution is -2.38. The summed E-state index contributed by atoms with van der Waals surface area (Å²) < 4.78 is 5.43. The highest BCUT2D eigenvalue weighted by Gasteiger charge is 2.38. The summed E-state index contributed by atoms with van der Waals surface area (Å²) in [7, 11) is 0. The maximum Gasteiger partial charge on any atom is 0.258 e. The molecule has 5 rings (SSSR count). The minimum atomic E-state index is -0.299. The van der Waals surface area contributed by atoms with Crippen LogP contribution in [0, 0.1) is 12.8 Å². The van der Waals surface area contributed by atoms with Gasteiger partial charge >= 0.3 is 0 Å². The number of aryl methyl sites for hydroxylation is 1. The van der Waals surface area contributed by atoms with E-state index in [1.54, 1.807) is 0 Å². The average Bonchev–Trinajstić information content (AvgIpc) is 3.48. The number of carbonyl (C=O) groups excluding carboxylic acids is 2. The van der Waals surface area contributed by atoms with Crippen LogP contribution in [0.15, 0.2) is 53.1 Å². The number of amides is 2. The van der Waals surface area contributed by atoms with Crippen LogP contribution in [0.2, 0.25) is 0 Å². The first-order valence-electron chi connectivity index (χ1n) is 11.7. The highest BCUT2D eigenvalue weighted by atomic mass is 16.5. The molecule has 1 N–H and O–H groups in total. The molecule has 1 saturated carbocycles. The van der Waals surface area contributed by atoms with E-state index in [0.29, 0.717) is 36.4 Å². The SMILES string of the molecule is Cc1ccc(-c2noc(-c3ccc(NC(=O)[C@@H]4CC(=O)N(C5CCCCC5)C4)cc3)n2)cc1. The summed E-state index contributed by atoms with van der Waals surface area (Å²) in [4.78, 5) is 31.7. The minimum absolute atomic E-state index is 0.103. The molecule has 3 aromatic rings. The summed E-state index contributed by atoms with van der Waals surface area (Å²) in [6.45, 7) is 2.56. The van der Waals surface area contributed by atoms with Crippen LogP contribution in [-0.2, 0) is 9.59 Å². The molecule has 0 radical (unpaired) electrons. The fourth-order valence-electron chi connectivity index (χ4n) is 4.75. The number of rotatable bonds is 5. The number of likely N-dealkylation sites (tertiary alicyclic amines) is 1. The van der Waals surface area contributed by atoms with Gasteiger partial charge in [0.15, 0.2) is 0 Å². The molecule has 2 aliphatic rings. The van der Waals surface area contributed by atoms with Gasteiger partial charge in [0, 0.05) is 35.8 Å². The van der Waals surface area contributed by atoms with Gasteiger partial charge in [0.2, 0.25) is 17.6 Å². The third kappa shape index (κ3) is 4.67. The van der Waals surface area contributed by atoms with Crippen LogP contribution in [0.3, 0.4) is 0 Å². The number of nitrogens with zero attached hydrogens (tertiary/aromatic N) is 3. The quantitative estimate of drug-likeness (QED) is 0.609. The molecule has 170 valence electrons. The summed E-state index contributed by atoms with van der Waals surface area (Å²) in [6, 6.07) is 15.6. The Morgan fingerprint density at radius 1 is 1.00 bits per heavy atom. The number of hydrogen-bond donors (Lipinski definition) is 1. The van der Waals surface area contributed by atoms with Gasteiger partial charge in [-0.05, 0) is 44.0 Å². The van der Waals surface area contributed by atoms with Gasteiger partial charge in [0.1, 0.15) is 0 Å². The normalized spacial score (nSPS) is 19.1. The van der Waals surface area contributed by atoms with Crippen molar-refractivity contribution in [1.29, 1.82) is 0 Å². The van der Waals surface area contributed by atoms with Crippen molar-refractivity contribution in [2.75, 3.05) is 11.9 Å². The number of hydrogen-bond acceptors (Lipinski definition) is 5. The van der Waals surface area contributed by atoms with Crippen molar-refractivity contribution in [1.82, 2.24) is 15.0 Å². The molecule has 7 nitrogen and oxygen atoms in total. The summed E-state index contributed by atoms with van der Waals surface area (Å²) in [5.41, 5.74) is 3.53. The van der Waals surface area contributed by atoms with Crippen molar-refractivity contribution in [2.45, 2.75) is 51.5 Å². The Morgan fingerprint density at radius 2 is 1.70 bits per heavy atom. The third-order valence-corrected chi connectivity index (χ3v) is 6.68. The Hall–Kier alpha value is -3.48. The predicted octanol–water partition coefficient (Wildman–Crippen LogP) is 4.83. The summed E-state index contributed by atoms with van der Waals surface area (Å²) in [6.07, 6.45) is 6.00. The molecule has 7 heteroatoms. The highest BCUT2D eigenvalue weighted by molar-refractivity contribution is 5.97. The van der Waals surface area contributed by atoms with E-state index in [-0.39, 0.29) is 17.7 Å². The van der Waals surface area contributed by atoms with Crippen LogP contribution in [-0.4, -0.2) is 39.4 Å². The Morgan fingerprint density at radius 3 is 2.42 bits per heavy atom. The van der Waals surface area contributed by atoms with E-state index in [2.05, 4.69) is 15.5 Å². The number of aromatic nitrogens is 2. The number of anilines is 1. The van der Waals surface area contributed by atoms with Crippen LogP contribution in [0.4, 0.5) is 5.69 Å². The second kappa shape index (κ2) is 9.17. The van der Waals surface area contributed by atoms with Crippen LogP contribution >= 0.6 is 0 Å². The monoisotopic (exact) mass is 444 g/mol. The molecule has 2 fully saturated rings. The van der Waals surface area contributed by atoms with Crippen LogP contribution in [0.1, 0.15) is 44.1 Å². The van der Waals surface area contributed by atoms with E-state index in [1.807, 2.05) is 60.4 Å². The van der Waals surface area contributed by atoms with Gasteiger partial charge in [-0.15, -0.1) is 0 Å². The zero-order valence-corrected chi connectivity index (χ0v) is 18.8. The molecule has 33 heavy (non-hydrogen) atoms. The molecule has 0 spiro atoms. The molecular weight excluding hydrogens is 416 g/mol. The van der Waals surface area contributed by atoms with Crippen LogP contribution < -0.4 is 5.32 Å². The first-order chi connectivity index (χ1) is 16.1. The molecule has 0 bridgehead atoms. The van der Waals surface area contributed by atoms with E-state index in [9.17, 15) is 9.59 Å². The second-order valence-electron chi connectivity index (χ2n) is 9.09. The molecular formula is C26H28N4O3. The molecule has 0 unspecified atom stereocenters. The van der Waals surface area contributed by atoms with E-state index >= 15 is 0 Å². The molecule has 1 aliphatic carbocycles. The van der Waals surface area contributed by atoms with Crippen molar-refractivity contribution in [3.05, 3.63) is 54.1 Å². The van der Waals surface area contributed by atoms with Crippen LogP contribution in [0.25, 0.3) is 22.8 Å². The smallest absolute Gasteiger partial charge is 0.258 e. The van der Waals surface area contributed by atoms with Crippen molar-refractivity contribution in [2.24, 2.45) is 5.92 Å². The molecule has 2 amide bonds. The summed E-state index contributed by atoms with van der Waals surface area (Å²) in [5.74, 6) is 0.669. The lowest BCUT2D eigenvalue weighted by Gasteiger charge is -2.31. The molecule has 1 aliphatic heterocycles. The van der Waals surface area contributed by atoms with Crippen molar-refractivity contribution in [3.63, 3.8) is 0 Å². The maximum absolute atomic E-state index is 12.8. The molecule has 2 heterocycles. The summed E-state index contributed by atoms with van der Waals surface area (Å²) in [5, 5.41) is 7.03. The number of benzene rings is 2. The largest absolute Gasteiger partial charge is 0.339 e. The van der Waals surface area contributed by atoms with Gasteiger partial charge in [-0.1, -0.05) is 54.2 Å². The molecule has 1 aromatic heterocycles.